The summed E-state index contributed by atoms with van der Waals surface area (Å²) in [6.07, 6.45) is 4.33. The van der Waals surface area contributed by atoms with Crippen LogP contribution in [0, 0.1) is 17.7 Å². The number of rotatable bonds is 5. The van der Waals surface area contributed by atoms with Crippen molar-refractivity contribution in [1.29, 1.82) is 0 Å². The number of aromatic nitrogens is 4. The molecule has 4 aromatic rings. The van der Waals surface area contributed by atoms with E-state index in [1.165, 1.54) is 30.7 Å². The van der Waals surface area contributed by atoms with E-state index >= 15 is 0 Å². The second-order valence-electron chi connectivity index (χ2n) is 8.68. The monoisotopic (exact) mass is 446 g/mol. The number of hydrogen-bond acceptors (Lipinski definition) is 7. The Morgan fingerprint density at radius 1 is 1.12 bits per heavy atom. The van der Waals surface area contributed by atoms with Crippen molar-refractivity contribution in [2.45, 2.75) is 6.54 Å². The van der Waals surface area contributed by atoms with Crippen molar-refractivity contribution in [1.82, 2.24) is 35.0 Å². The van der Waals surface area contributed by atoms with E-state index < -0.39 is 5.91 Å². The number of hydrogen-bond donors (Lipinski definition) is 3. The van der Waals surface area contributed by atoms with Gasteiger partial charge in [0.1, 0.15) is 11.5 Å². The van der Waals surface area contributed by atoms with Crippen molar-refractivity contribution in [3.63, 3.8) is 0 Å². The van der Waals surface area contributed by atoms with Crippen molar-refractivity contribution in [3.8, 4) is 0 Å². The third kappa shape index (κ3) is 3.66. The van der Waals surface area contributed by atoms with E-state index in [2.05, 4.69) is 46.5 Å². The van der Waals surface area contributed by atoms with Crippen LogP contribution in [-0.4, -0.2) is 56.3 Å². The molecule has 2 fully saturated rings. The molecular formula is C23H23FN8O. The van der Waals surface area contributed by atoms with Crippen LogP contribution >= 0.6 is 0 Å². The van der Waals surface area contributed by atoms with Gasteiger partial charge in [0.05, 0.1) is 22.7 Å². The number of halogens is 1. The van der Waals surface area contributed by atoms with Crippen LogP contribution in [0.25, 0.3) is 16.6 Å². The van der Waals surface area contributed by atoms with Gasteiger partial charge in [-0.15, -0.1) is 0 Å². The van der Waals surface area contributed by atoms with E-state index in [4.69, 9.17) is 0 Å². The average molecular weight is 446 g/mol. The van der Waals surface area contributed by atoms with E-state index in [1.807, 2.05) is 6.07 Å². The highest BCUT2D eigenvalue weighted by Crippen LogP contribution is 2.30. The standard InChI is InChI=1S/C23H23FN8O/c24-16-1-3-20-18(7-16)28-22(29-30-23(33)19-10-25-5-6-27-19)21-4-2-17(32(20)21)13-31-11-14-8-26-9-15(14)12-31/h1-7,10,14-15,26H,8-9,11-13H2,(H,28,29)(H,30,33). The first-order valence-electron chi connectivity index (χ1n) is 11.0. The molecule has 2 aliphatic rings. The second kappa shape index (κ2) is 8.05. The van der Waals surface area contributed by atoms with E-state index in [0.29, 0.717) is 23.2 Å². The lowest BCUT2D eigenvalue weighted by Crippen LogP contribution is -2.31. The van der Waals surface area contributed by atoms with E-state index in [-0.39, 0.29) is 11.5 Å². The Balaban J connectivity index is 1.34. The number of carbonyl (C=O) groups excluding carboxylic acids is 1. The maximum absolute atomic E-state index is 14.0. The third-order valence-electron chi connectivity index (χ3n) is 6.56. The smallest absolute Gasteiger partial charge is 0.289 e. The van der Waals surface area contributed by atoms with Gasteiger partial charge < -0.3 is 9.72 Å². The van der Waals surface area contributed by atoms with Gasteiger partial charge >= 0.3 is 0 Å². The highest BCUT2D eigenvalue weighted by atomic mass is 19.1. The number of nitrogens with zero attached hydrogens (tertiary/aromatic N) is 5. The molecule has 1 aromatic carbocycles. The predicted molar refractivity (Wildman–Crippen MR) is 121 cm³/mol. The van der Waals surface area contributed by atoms with Crippen LogP contribution in [0.1, 0.15) is 16.2 Å². The Morgan fingerprint density at radius 3 is 2.73 bits per heavy atom. The molecule has 0 aliphatic carbocycles. The highest BCUT2D eigenvalue weighted by Gasteiger charge is 2.36. The molecule has 2 atom stereocenters. The zero-order chi connectivity index (χ0) is 22.4. The topological polar surface area (TPSA) is 99.5 Å². The predicted octanol–water partition coefficient (Wildman–Crippen LogP) is 1.82. The van der Waals surface area contributed by atoms with Crippen molar-refractivity contribution < 1.29 is 9.18 Å². The number of benzene rings is 1. The first-order chi connectivity index (χ1) is 16.2. The fourth-order valence-electron chi connectivity index (χ4n) is 5.02. The lowest BCUT2D eigenvalue weighted by molar-refractivity contribution is 0.0957. The lowest BCUT2D eigenvalue weighted by Gasteiger charge is -2.18. The summed E-state index contributed by atoms with van der Waals surface area (Å²) in [5.74, 6) is 1.04. The molecule has 0 saturated carbocycles. The molecule has 9 nitrogen and oxygen atoms in total. The summed E-state index contributed by atoms with van der Waals surface area (Å²) >= 11 is 0. The molecule has 6 rings (SSSR count). The summed E-state index contributed by atoms with van der Waals surface area (Å²) in [5.41, 5.74) is 8.90. The number of nitrogens with one attached hydrogen (secondary N) is 3. The zero-order valence-electron chi connectivity index (χ0n) is 17.8. The first kappa shape index (κ1) is 20.0. The Hall–Kier alpha value is -3.63. The van der Waals surface area contributed by atoms with Gasteiger partial charge in [0, 0.05) is 43.8 Å². The normalized spacial score (nSPS) is 20.4. The van der Waals surface area contributed by atoms with Gasteiger partial charge in [-0.05, 0) is 49.2 Å². The van der Waals surface area contributed by atoms with Gasteiger partial charge in [0.2, 0.25) is 0 Å². The minimum absolute atomic E-state index is 0.179. The molecule has 1 amide bonds. The van der Waals surface area contributed by atoms with Gasteiger partial charge in [-0.25, -0.2) is 14.4 Å². The maximum Gasteiger partial charge on any atom is 0.289 e. The largest absolute Gasteiger partial charge is 0.316 e. The molecule has 0 spiro atoms. The van der Waals surface area contributed by atoms with E-state index in [0.717, 1.165) is 49.5 Å². The van der Waals surface area contributed by atoms with E-state index in [1.54, 1.807) is 6.07 Å². The summed E-state index contributed by atoms with van der Waals surface area (Å²) in [7, 11) is 0. The number of hydrazine groups is 1. The number of amides is 1. The Bertz CT molecular complexity index is 1330. The summed E-state index contributed by atoms with van der Waals surface area (Å²) < 4.78 is 16.1. The molecule has 3 N–H and O–H groups in total. The number of likely N-dealkylation sites (tertiary alicyclic amines) is 1. The van der Waals surface area contributed by atoms with Gasteiger partial charge in [-0.1, -0.05) is 0 Å². The maximum atomic E-state index is 14.0. The van der Waals surface area contributed by atoms with Crippen LogP contribution in [0.5, 0.6) is 0 Å². The summed E-state index contributed by atoms with van der Waals surface area (Å²) in [6.45, 7) is 5.11. The summed E-state index contributed by atoms with van der Waals surface area (Å²) in [4.78, 5) is 27.4. The lowest BCUT2D eigenvalue weighted by atomic mass is 10.0. The van der Waals surface area contributed by atoms with Gasteiger partial charge in [0.25, 0.3) is 5.91 Å². The highest BCUT2D eigenvalue weighted by molar-refractivity contribution is 5.93. The molecule has 2 saturated heterocycles. The van der Waals surface area contributed by atoms with Crippen LogP contribution in [0.3, 0.4) is 0 Å². The zero-order valence-corrected chi connectivity index (χ0v) is 17.8. The minimum Gasteiger partial charge on any atom is -0.316 e. The van der Waals surface area contributed by atoms with Crippen LogP contribution in [0.15, 0.2) is 48.9 Å². The fourth-order valence-corrected chi connectivity index (χ4v) is 5.02. The summed E-state index contributed by atoms with van der Waals surface area (Å²) in [6, 6.07) is 8.64. The van der Waals surface area contributed by atoms with Crippen molar-refractivity contribution in [3.05, 3.63) is 66.1 Å². The van der Waals surface area contributed by atoms with Crippen LogP contribution in [0.2, 0.25) is 0 Å². The Kier molecular flexibility index (Phi) is 4.88. The minimum atomic E-state index is -0.439. The third-order valence-corrected chi connectivity index (χ3v) is 6.56. The first-order valence-corrected chi connectivity index (χ1v) is 11.0. The molecule has 5 heterocycles. The molecule has 0 bridgehead atoms. The van der Waals surface area contributed by atoms with Gasteiger partial charge in [0.15, 0.2) is 5.82 Å². The molecule has 3 aromatic heterocycles. The SMILES string of the molecule is O=C(NNc1nc2cc(F)ccc2n2c(CN3CC4CNCC4C3)ccc12)c1cnccn1. The fraction of sp³-hybridized carbons (Fsp3) is 0.304. The van der Waals surface area contributed by atoms with Crippen molar-refractivity contribution in [2.24, 2.45) is 11.8 Å². The number of anilines is 1. The van der Waals surface area contributed by atoms with Gasteiger partial charge in [-0.2, -0.15) is 0 Å². The Morgan fingerprint density at radius 2 is 1.94 bits per heavy atom. The molecule has 0 radical (unpaired) electrons. The van der Waals surface area contributed by atoms with Gasteiger partial charge in [-0.3, -0.25) is 25.5 Å². The van der Waals surface area contributed by atoms with Crippen molar-refractivity contribution >= 4 is 28.3 Å². The van der Waals surface area contributed by atoms with Crippen LogP contribution < -0.4 is 16.2 Å². The molecule has 2 aliphatic heterocycles. The molecule has 33 heavy (non-hydrogen) atoms. The molecular weight excluding hydrogens is 423 g/mol. The van der Waals surface area contributed by atoms with Crippen molar-refractivity contribution in [2.75, 3.05) is 31.6 Å². The molecule has 10 heteroatoms. The average Bonchev–Trinajstić information content (AvgIpc) is 3.53. The Labute approximate surface area is 189 Å². The number of carbonyl (C=O) groups is 1. The van der Waals surface area contributed by atoms with Crippen LogP contribution in [0.4, 0.5) is 10.2 Å². The van der Waals surface area contributed by atoms with E-state index in [9.17, 15) is 9.18 Å². The second-order valence-corrected chi connectivity index (χ2v) is 8.68. The number of fused-ring (bicyclic) bond motifs is 4. The molecule has 168 valence electrons. The summed E-state index contributed by atoms with van der Waals surface area (Å²) in [5, 5.41) is 3.48. The van der Waals surface area contributed by atoms with Crippen LogP contribution in [-0.2, 0) is 6.54 Å². The quantitative estimate of drug-likeness (QED) is 0.402. The molecule has 2 unspecified atom stereocenters.